The Hall–Kier alpha value is -1.06. The van der Waals surface area contributed by atoms with Crippen molar-refractivity contribution in [2.24, 2.45) is 0 Å². The van der Waals surface area contributed by atoms with Gasteiger partial charge in [0.25, 0.3) is 0 Å². The zero-order chi connectivity index (χ0) is 10.1. The maximum Gasteiger partial charge on any atom is 0.153 e. The first-order valence-corrected chi connectivity index (χ1v) is 5.17. The second kappa shape index (κ2) is 3.59. The van der Waals surface area contributed by atoms with E-state index >= 15 is 0 Å². The molecule has 0 radical (unpaired) electrons. The van der Waals surface area contributed by atoms with Gasteiger partial charge in [0.1, 0.15) is 5.75 Å². The number of ether oxygens (including phenoxy) is 1. The third kappa shape index (κ3) is 1.38. The molecule has 4 heteroatoms. The number of rotatable bonds is 2. The van der Waals surface area contributed by atoms with E-state index in [-0.39, 0.29) is 0 Å². The van der Waals surface area contributed by atoms with E-state index in [2.05, 4.69) is 0 Å². The monoisotopic (exact) mass is 226 g/mol. The minimum absolute atomic E-state index is 0.550. The lowest BCUT2D eigenvalue weighted by atomic mass is 10.1. The van der Waals surface area contributed by atoms with Gasteiger partial charge in [0.05, 0.1) is 17.0 Å². The highest BCUT2D eigenvalue weighted by atomic mass is 35.5. The van der Waals surface area contributed by atoms with Crippen molar-refractivity contribution in [2.75, 3.05) is 7.11 Å². The van der Waals surface area contributed by atoms with Crippen LogP contribution < -0.4 is 4.74 Å². The highest BCUT2D eigenvalue weighted by Gasteiger charge is 2.09. The number of fused-ring (bicyclic) bond motifs is 1. The Bertz CT molecular complexity index is 490. The van der Waals surface area contributed by atoms with E-state index in [1.165, 1.54) is 11.3 Å². The van der Waals surface area contributed by atoms with Crippen LogP contribution in [0.5, 0.6) is 5.75 Å². The van der Waals surface area contributed by atoms with Crippen LogP contribution in [0, 0.1) is 0 Å². The second-order valence-electron chi connectivity index (χ2n) is 2.77. The number of aldehydes is 1. The first kappa shape index (κ1) is 9.49. The van der Waals surface area contributed by atoms with E-state index in [0.29, 0.717) is 15.6 Å². The topological polar surface area (TPSA) is 26.3 Å². The van der Waals surface area contributed by atoms with Crippen LogP contribution in [0.3, 0.4) is 0 Å². The highest BCUT2D eigenvalue weighted by Crippen LogP contribution is 2.36. The van der Waals surface area contributed by atoms with E-state index in [1.54, 1.807) is 13.2 Å². The predicted molar refractivity (Wildman–Crippen MR) is 58.8 cm³/mol. The van der Waals surface area contributed by atoms with Gasteiger partial charge in [-0.1, -0.05) is 11.6 Å². The summed E-state index contributed by atoms with van der Waals surface area (Å²) in [5.74, 6) is 0.598. The molecule has 14 heavy (non-hydrogen) atoms. The summed E-state index contributed by atoms with van der Waals surface area (Å²) in [6, 6.07) is 5.42. The Kier molecular flexibility index (Phi) is 2.44. The van der Waals surface area contributed by atoms with Gasteiger partial charge in [0, 0.05) is 10.1 Å². The van der Waals surface area contributed by atoms with Crippen molar-refractivity contribution >= 4 is 39.3 Å². The molecule has 0 saturated heterocycles. The lowest BCUT2D eigenvalue weighted by Gasteiger charge is -2.03. The Balaban J connectivity index is 2.82. The van der Waals surface area contributed by atoms with E-state index in [1.807, 2.05) is 12.1 Å². The molecule has 0 amide bonds. The highest BCUT2D eigenvalue weighted by molar-refractivity contribution is 7.22. The molecule has 72 valence electrons. The molecule has 2 aromatic rings. The van der Waals surface area contributed by atoms with Gasteiger partial charge >= 0.3 is 0 Å². The number of hydrogen-bond acceptors (Lipinski definition) is 3. The molecule has 2 rings (SSSR count). The summed E-state index contributed by atoms with van der Waals surface area (Å²) in [7, 11) is 1.55. The molecule has 0 unspecified atom stereocenters. The molecule has 2 nitrogen and oxygen atoms in total. The average molecular weight is 227 g/mol. The van der Waals surface area contributed by atoms with Gasteiger partial charge in [0.15, 0.2) is 6.29 Å². The molecule has 1 heterocycles. The fraction of sp³-hybridized carbons (Fsp3) is 0.100. The average Bonchev–Trinajstić information content (AvgIpc) is 2.56. The lowest BCUT2D eigenvalue weighted by Crippen LogP contribution is -1.89. The molecule has 0 bridgehead atoms. The van der Waals surface area contributed by atoms with E-state index in [0.717, 1.165) is 16.4 Å². The Morgan fingerprint density at radius 1 is 1.50 bits per heavy atom. The maximum absolute atomic E-state index is 10.7. The number of hydrogen-bond donors (Lipinski definition) is 0. The quantitative estimate of drug-likeness (QED) is 0.734. The van der Waals surface area contributed by atoms with E-state index < -0.39 is 0 Å². The third-order valence-electron chi connectivity index (χ3n) is 1.98. The summed E-state index contributed by atoms with van der Waals surface area (Å²) in [5, 5.41) is 0.895. The molecular formula is C10H7ClO2S. The Morgan fingerprint density at radius 2 is 2.29 bits per heavy atom. The van der Waals surface area contributed by atoms with Crippen molar-refractivity contribution in [1.29, 1.82) is 0 Å². The van der Waals surface area contributed by atoms with Gasteiger partial charge in [-0.05, 0) is 18.2 Å². The molecule has 0 saturated carbocycles. The zero-order valence-corrected chi connectivity index (χ0v) is 8.98. The number of thiophene rings is 1. The first-order chi connectivity index (χ1) is 6.76. The standard InChI is InChI=1S/C10H7ClO2S/c1-13-10-6(5-12)2-3-8-7(10)4-9(11)14-8/h2-5H,1H3. The summed E-state index contributed by atoms with van der Waals surface area (Å²) in [5.41, 5.74) is 0.550. The number of methoxy groups -OCH3 is 1. The number of benzene rings is 1. The summed E-state index contributed by atoms with van der Waals surface area (Å²) < 4.78 is 6.90. The fourth-order valence-corrected chi connectivity index (χ4v) is 2.54. The summed E-state index contributed by atoms with van der Waals surface area (Å²) in [6.45, 7) is 0. The van der Waals surface area contributed by atoms with Crippen LogP contribution in [0.4, 0.5) is 0 Å². The molecule has 1 aromatic carbocycles. The number of carbonyl (C=O) groups excluding carboxylic acids is 1. The smallest absolute Gasteiger partial charge is 0.153 e. The van der Waals surface area contributed by atoms with Crippen LogP contribution in [0.15, 0.2) is 18.2 Å². The van der Waals surface area contributed by atoms with Crippen LogP contribution in [0.2, 0.25) is 4.34 Å². The molecule has 0 aliphatic heterocycles. The molecular weight excluding hydrogens is 220 g/mol. The zero-order valence-electron chi connectivity index (χ0n) is 7.41. The van der Waals surface area contributed by atoms with Crippen LogP contribution >= 0.6 is 22.9 Å². The summed E-state index contributed by atoms with van der Waals surface area (Å²) >= 11 is 7.35. The van der Waals surface area contributed by atoms with Gasteiger partial charge < -0.3 is 4.74 Å². The van der Waals surface area contributed by atoms with Crippen molar-refractivity contribution in [3.8, 4) is 5.75 Å². The molecule has 0 fully saturated rings. The minimum atomic E-state index is 0.550. The molecule has 1 aromatic heterocycles. The van der Waals surface area contributed by atoms with Gasteiger partial charge in [-0.25, -0.2) is 0 Å². The normalized spacial score (nSPS) is 10.4. The Labute approximate surface area is 90.1 Å². The summed E-state index contributed by atoms with van der Waals surface area (Å²) in [4.78, 5) is 10.7. The first-order valence-electron chi connectivity index (χ1n) is 3.97. The molecule has 0 atom stereocenters. The second-order valence-corrected chi connectivity index (χ2v) is 4.48. The number of carbonyl (C=O) groups is 1. The largest absolute Gasteiger partial charge is 0.495 e. The van der Waals surface area contributed by atoms with Crippen molar-refractivity contribution < 1.29 is 9.53 Å². The van der Waals surface area contributed by atoms with Gasteiger partial charge in [-0.15, -0.1) is 11.3 Å². The van der Waals surface area contributed by atoms with Crippen LogP contribution in [0.25, 0.3) is 10.1 Å². The van der Waals surface area contributed by atoms with Crippen molar-refractivity contribution in [1.82, 2.24) is 0 Å². The van der Waals surface area contributed by atoms with E-state index in [9.17, 15) is 4.79 Å². The van der Waals surface area contributed by atoms with Crippen molar-refractivity contribution in [3.05, 3.63) is 28.1 Å². The van der Waals surface area contributed by atoms with E-state index in [4.69, 9.17) is 16.3 Å². The minimum Gasteiger partial charge on any atom is -0.495 e. The van der Waals surface area contributed by atoms with Crippen molar-refractivity contribution in [3.63, 3.8) is 0 Å². The molecule has 0 N–H and O–H groups in total. The third-order valence-corrected chi connectivity index (χ3v) is 3.21. The van der Waals surface area contributed by atoms with Crippen LogP contribution in [-0.4, -0.2) is 13.4 Å². The van der Waals surface area contributed by atoms with Gasteiger partial charge in [-0.2, -0.15) is 0 Å². The van der Waals surface area contributed by atoms with Crippen molar-refractivity contribution in [2.45, 2.75) is 0 Å². The maximum atomic E-state index is 10.7. The summed E-state index contributed by atoms with van der Waals surface area (Å²) in [6.07, 6.45) is 0.782. The molecule has 0 aliphatic carbocycles. The molecule has 0 spiro atoms. The van der Waals surface area contributed by atoms with Crippen LogP contribution in [-0.2, 0) is 0 Å². The predicted octanol–water partition coefficient (Wildman–Crippen LogP) is 3.38. The lowest BCUT2D eigenvalue weighted by molar-refractivity contribution is 0.112. The Morgan fingerprint density at radius 3 is 2.93 bits per heavy atom. The molecule has 0 aliphatic rings. The fourth-order valence-electron chi connectivity index (χ4n) is 1.39. The van der Waals surface area contributed by atoms with Crippen LogP contribution in [0.1, 0.15) is 10.4 Å². The SMILES string of the molecule is COc1c(C=O)ccc2sc(Cl)cc12. The number of halogens is 1. The van der Waals surface area contributed by atoms with Gasteiger partial charge in [0.2, 0.25) is 0 Å². The van der Waals surface area contributed by atoms with Gasteiger partial charge in [-0.3, -0.25) is 4.79 Å².